The lowest BCUT2D eigenvalue weighted by Crippen LogP contribution is -2.09. The Morgan fingerprint density at radius 3 is 1.19 bits per heavy atom. The van der Waals surface area contributed by atoms with Crippen LogP contribution >= 0.6 is 0 Å². The first kappa shape index (κ1) is 37.3. The van der Waals surface area contributed by atoms with E-state index >= 15 is 0 Å². The standard InChI is InChI=1S/C62H42N2/c1-3-21-55-45(13-1)15-11-25-57(55)47-33-39-53(40-34-47)63(51-35-29-43(30-36-51)48-17-9-19-50(41-48)58-26-12-16-46-14-2-4-22-56(46)58)52-37-31-44(32-38-52)49-18-10-20-54(42-49)64-61-27-7-5-23-59(61)60-24-6-8-28-62(60)64/h1-42H. The van der Waals surface area contributed by atoms with Crippen molar-refractivity contribution in [1.82, 2.24) is 4.57 Å². The summed E-state index contributed by atoms with van der Waals surface area (Å²) in [6, 6.07) is 92.6. The largest absolute Gasteiger partial charge is 0.311 e. The Labute approximate surface area is 373 Å². The van der Waals surface area contributed by atoms with Crippen LogP contribution < -0.4 is 4.90 Å². The summed E-state index contributed by atoms with van der Waals surface area (Å²) >= 11 is 0. The number of aromatic nitrogens is 1. The van der Waals surface area contributed by atoms with Crippen LogP contribution in [0.3, 0.4) is 0 Å². The summed E-state index contributed by atoms with van der Waals surface area (Å²) in [5.41, 5.74) is 16.4. The summed E-state index contributed by atoms with van der Waals surface area (Å²) in [7, 11) is 0. The van der Waals surface area contributed by atoms with E-state index in [1.807, 2.05) is 0 Å². The second kappa shape index (κ2) is 15.8. The van der Waals surface area contributed by atoms with E-state index in [1.54, 1.807) is 0 Å². The highest BCUT2D eigenvalue weighted by atomic mass is 15.1. The number of hydrogen-bond donors (Lipinski definition) is 0. The molecule has 0 bridgehead atoms. The van der Waals surface area contributed by atoms with Gasteiger partial charge in [-0.25, -0.2) is 0 Å². The van der Waals surface area contributed by atoms with Crippen molar-refractivity contribution >= 4 is 60.4 Å². The fourth-order valence-electron chi connectivity index (χ4n) is 9.69. The van der Waals surface area contributed by atoms with Gasteiger partial charge in [0.2, 0.25) is 0 Å². The summed E-state index contributed by atoms with van der Waals surface area (Å²) < 4.78 is 2.38. The van der Waals surface area contributed by atoms with E-state index in [4.69, 9.17) is 0 Å². The van der Waals surface area contributed by atoms with Gasteiger partial charge in [0.1, 0.15) is 0 Å². The van der Waals surface area contributed by atoms with Crippen molar-refractivity contribution in [3.05, 3.63) is 255 Å². The van der Waals surface area contributed by atoms with Gasteiger partial charge in [-0.1, -0.05) is 188 Å². The molecule has 64 heavy (non-hydrogen) atoms. The van der Waals surface area contributed by atoms with Crippen molar-refractivity contribution in [3.63, 3.8) is 0 Å². The minimum Gasteiger partial charge on any atom is -0.311 e. The molecule has 0 aliphatic heterocycles. The summed E-state index contributed by atoms with van der Waals surface area (Å²) in [6.07, 6.45) is 0. The van der Waals surface area contributed by atoms with E-state index in [0.29, 0.717) is 0 Å². The van der Waals surface area contributed by atoms with E-state index in [9.17, 15) is 0 Å². The number of rotatable bonds is 8. The quantitative estimate of drug-likeness (QED) is 0.148. The third-order valence-electron chi connectivity index (χ3n) is 12.8. The lowest BCUT2D eigenvalue weighted by atomic mass is 9.95. The van der Waals surface area contributed by atoms with Crippen molar-refractivity contribution in [2.24, 2.45) is 0 Å². The van der Waals surface area contributed by atoms with Crippen LogP contribution in [0.2, 0.25) is 0 Å². The van der Waals surface area contributed by atoms with Crippen LogP contribution in [0.5, 0.6) is 0 Å². The summed E-state index contributed by atoms with van der Waals surface area (Å²) in [5.74, 6) is 0. The van der Waals surface area contributed by atoms with Gasteiger partial charge in [-0.3, -0.25) is 0 Å². The topological polar surface area (TPSA) is 8.17 Å². The van der Waals surface area contributed by atoms with Gasteiger partial charge in [-0.15, -0.1) is 0 Å². The van der Waals surface area contributed by atoms with Crippen molar-refractivity contribution in [1.29, 1.82) is 0 Å². The predicted octanol–water partition coefficient (Wildman–Crippen LogP) is 17.2. The van der Waals surface area contributed by atoms with Crippen molar-refractivity contribution in [3.8, 4) is 50.2 Å². The van der Waals surface area contributed by atoms with E-state index in [-0.39, 0.29) is 0 Å². The zero-order valence-corrected chi connectivity index (χ0v) is 35.1. The molecule has 1 heterocycles. The molecule has 2 nitrogen and oxygen atoms in total. The fraction of sp³-hybridized carbons (Fsp3) is 0. The fourth-order valence-corrected chi connectivity index (χ4v) is 9.69. The Morgan fingerprint density at radius 1 is 0.250 bits per heavy atom. The van der Waals surface area contributed by atoms with Gasteiger partial charge >= 0.3 is 0 Å². The van der Waals surface area contributed by atoms with Crippen LogP contribution in [0.4, 0.5) is 17.1 Å². The van der Waals surface area contributed by atoms with Gasteiger partial charge in [0.25, 0.3) is 0 Å². The zero-order valence-electron chi connectivity index (χ0n) is 35.1. The number of nitrogens with zero attached hydrogens (tertiary/aromatic N) is 2. The smallest absolute Gasteiger partial charge is 0.0541 e. The molecule has 0 N–H and O–H groups in total. The molecule has 2 heteroatoms. The molecule has 1 aromatic heterocycles. The maximum atomic E-state index is 2.38. The van der Waals surface area contributed by atoms with Gasteiger partial charge in [0.05, 0.1) is 11.0 Å². The Kier molecular flexibility index (Phi) is 9.20. The van der Waals surface area contributed by atoms with E-state index < -0.39 is 0 Å². The summed E-state index contributed by atoms with van der Waals surface area (Å²) in [5, 5.41) is 7.55. The second-order valence-corrected chi connectivity index (χ2v) is 16.5. The third-order valence-corrected chi connectivity index (χ3v) is 12.8. The first-order chi connectivity index (χ1) is 31.7. The molecule has 300 valence electrons. The highest BCUT2D eigenvalue weighted by Crippen LogP contribution is 2.40. The number of hydrogen-bond acceptors (Lipinski definition) is 1. The molecule has 0 fully saturated rings. The Hall–Kier alpha value is -8.46. The number of benzene rings is 11. The number of para-hydroxylation sites is 2. The molecule has 0 saturated heterocycles. The SMILES string of the molecule is c1cc(-c2ccc(N(c3ccc(-c4cccc(-n5c6ccccc6c6ccccc65)c4)cc3)c3ccc(-c4cccc5ccccc45)cc3)cc2)cc(-c2cccc3ccccc23)c1. The average molecular weight is 815 g/mol. The Balaban J connectivity index is 0.914. The van der Waals surface area contributed by atoms with Crippen molar-refractivity contribution in [2.75, 3.05) is 4.90 Å². The summed E-state index contributed by atoms with van der Waals surface area (Å²) in [4.78, 5) is 2.36. The zero-order chi connectivity index (χ0) is 42.4. The van der Waals surface area contributed by atoms with Gasteiger partial charge in [-0.2, -0.15) is 0 Å². The van der Waals surface area contributed by atoms with E-state index in [0.717, 1.165) is 22.7 Å². The normalized spacial score (nSPS) is 11.4. The minimum absolute atomic E-state index is 1.09. The predicted molar refractivity (Wildman–Crippen MR) is 272 cm³/mol. The molecule has 0 amide bonds. The lowest BCUT2D eigenvalue weighted by Gasteiger charge is -2.26. The van der Waals surface area contributed by atoms with Crippen LogP contribution in [-0.2, 0) is 0 Å². The molecular weight excluding hydrogens is 773 g/mol. The maximum Gasteiger partial charge on any atom is 0.0541 e. The van der Waals surface area contributed by atoms with Crippen LogP contribution in [0.25, 0.3) is 93.5 Å². The first-order valence-corrected chi connectivity index (χ1v) is 22.0. The monoisotopic (exact) mass is 814 g/mol. The number of fused-ring (bicyclic) bond motifs is 5. The maximum absolute atomic E-state index is 2.38. The minimum atomic E-state index is 1.09. The first-order valence-electron chi connectivity index (χ1n) is 22.0. The van der Waals surface area contributed by atoms with Gasteiger partial charge < -0.3 is 9.47 Å². The molecule has 12 rings (SSSR count). The van der Waals surface area contributed by atoms with E-state index in [2.05, 4.69) is 264 Å². The summed E-state index contributed by atoms with van der Waals surface area (Å²) in [6.45, 7) is 0. The Morgan fingerprint density at radius 2 is 0.641 bits per heavy atom. The highest BCUT2D eigenvalue weighted by Gasteiger charge is 2.16. The molecule has 12 aromatic rings. The van der Waals surface area contributed by atoms with Crippen LogP contribution in [0.15, 0.2) is 255 Å². The highest BCUT2D eigenvalue weighted by molar-refractivity contribution is 6.09. The third kappa shape index (κ3) is 6.61. The van der Waals surface area contributed by atoms with Crippen molar-refractivity contribution in [2.45, 2.75) is 0 Å². The molecule has 0 unspecified atom stereocenters. The molecule has 11 aromatic carbocycles. The molecule has 0 radical (unpaired) electrons. The average Bonchev–Trinajstić information content (AvgIpc) is 3.71. The van der Waals surface area contributed by atoms with E-state index in [1.165, 1.54) is 87.9 Å². The van der Waals surface area contributed by atoms with Crippen LogP contribution in [0.1, 0.15) is 0 Å². The molecule has 0 atom stereocenters. The molecule has 0 aliphatic carbocycles. The van der Waals surface area contributed by atoms with Gasteiger partial charge in [-0.05, 0) is 133 Å². The molecule has 0 aliphatic rings. The van der Waals surface area contributed by atoms with Gasteiger partial charge in [0.15, 0.2) is 0 Å². The van der Waals surface area contributed by atoms with Crippen LogP contribution in [-0.4, -0.2) is 4.57 Å². The van der Waals surface area contributed by atoms with Crippen molar-refractivity contribution < 1.29 is 0 Å². The van der Waals surface area contributed by atoms with Crippen LogP contribution in [0, 0.1) is 0 Å². The number of anilines is 3. The lowest BCUT2D eigenvalue weighted by molar-refractivity contribution is 1.18. The van der Waals surface area contributed by atoms with Gasteiger partial charge in [0, 0.05) is 33.5 Å². The molecule has 0 saturated carbocycles. The molecular formula is C62H42N2. The molecule has 0 spiro atoms. The second-order valence-electron chi connectivity index (χ2n) is 16.5. The Bertz CT molecular complexity index is 3590.